The fourth-order valence-corrected chi connectivity index (χ4v) is 2.68. The van der Waals surface area contributed by atoms with Gasteiger partial charge in [0.25, 0.3) is 0 Å². The Morgan fingerprint density at radius 1 is 1.10 bits per heavy atom. The molecule has 0 amide bonds. The normalized spacial score (nSPS) is 10.9. The summed E-state index contributed by atoms with van der Waals surface area (Å²) in [5, 5.41) is 0. The molecule has 2 aromatic carbocycles. The van der Waals surface area contributed by atoms with E-state index in [2.05, 4.69) is 25.9 Å². The molecule has 0 saturated carbocycles. The Balaban J connectivity index is 2.16. The van der Waals surface area contributed by atoms with Crippen LogP contribution in [0.25, 0.3) is 22.4 Å². The van der Waals surface area contributed by atoms with E-state index < -0.39 is 0 Å². The van der Waals surface area contributed by atoms with E-state index in [-0.39, 0.29) is 5.82 Å². The van der Waals surface area contributed by atoms with Gasteiger partial charge in [-0.2, -0.15) is 0 Å². The first kappa shape index (κ1) is 13.9. The standard InChI is InChI=1S/C15H12BrFN2O2/c1-20-13-6-11-12(7-14(13)21-2)19-15(18-11)9-4-3-8(17)5-10(9)16/h3-7H,1-2H3,(H,18,19). The molecule has 0 saturated heterocycles. The average molecular weight is 351 g/mol. The molecule has 0 atom stereocenters. The van der Waals surface area contributed by atoms with Crippen molar-refractivity contribution in [1.82, 2.24) is 9.97 Å². The van der Waals surface area contributed by atoms with Crippen LogP contribution in [0.2, 0.25) is 0 Å². The summed E-state index contributed by atoms with van der Waals surface area (Å²) < 4.78 is 24.3. The third kappa shape index (κ3) is 2.47. The third-order valence-corrected chi connectivity index (χ3v) is 3.83. The van der Waals surface area contributed by atoms with Crippen molar-refractivity contribution in [1.29, 1.82) is 0 Å². The van der Waals surface area contributed by atoms with Crippen LogP contribution in [0.5, 0.6) is 11.5 Å². The number of aromatic amines is 1. The third-order valence-electron chi connectivity index (χ3n) is 3.17. The molecule has 0 bridgehead atoms. The van der Waals surface area contributed by atoms with Crippen LogP contribution in [-0.2, 0) is 0 Å². The van der Waals surface area contributed by atoms with Crippen molar-refractivity contribution >= 4 is 27.0 Å². The Labute approximate surface area is 129 Å². The number of aromatic nitrogens is 2. The van der Waals surface area contributed by atoms with Gasteiger partial charge in [-0.25, -0.2) is 9.37 Å². The zero-order chi connectivity index (χ0) is 15.0. The van der Waals surface area contributed by atoms with Crippen molar-refractivity contribution < 1.29 is 13.9 Å². The highest BCUT2D eigenvalue weighted by Crippen LogP contribution is 2.34. The molecule has 21 heavy (non-hydrogen) atoms. The smallest absolute Gasteiger partial charge is 0.163 e. The first-order valence-corrected chi connectivity index (χ1v) is 6.99. The monoisotopic (exact) mass is 350 g/mol. The Morgan fingerprint density at radius 2 is 1.81 bits per heavy atom. The van der Waals surface area contributed by atoms with Gasteiger partial charge in [0.1, 0.15) is 11.6 Å². The molecule has 0 unspecified atom stereocenters. The highest BCUT2D eigenvalue weighted by Gasteiger charge is 2.13. The van der Waals surface area contributed by atoms with Gasteiger partial charge in [-0.1, -0.05) is 0 Å². The van der Waals surface area contributed by atoms with Gasteiger partial charge in [-0.3, -0.25) is 0 Å². The first-order valence-electron chi connectivity index (χ1n) is 6.19. The Kier molecular flexibility index (Phi) is 3.55. The highest BCUT2D eigenvalue weighted by molar-refractivity contribution is 9.10. The van der Waals surface area contributed by atoms with Crippen molar-refractivity contribution in [2.75, 3.05) is 14.2 Å². The van der Waals surface area contributed by atoms with Crippen LogP contribution in [0, 0.1) is 5.82 Å². The predicted octanol–water partition coefficient (Wildman–Crippen LogP) is 4.15. The van der Waals surface area contributed by atoms with E-state index in [4.69, 9.17) is 9.47 Å². The number of imidazole rings is 1. The molecule has 0 radical (unpaired) electrons. The van der Waals surface area contributed by atoms with Crippen LogP contribution in [-0.4, -0.2) is 24.2 Å². The topological polar surface area (TPSA) is 47.1 Å². The number of fused-ring (bicyclic) bond motifs is 1. The summed E-state index contributed by atoms with van der Waals surface area (Å²) in [5.41, 5.74) is 2.35. The van der Waals surface area contributed by atoms with Crippen LogP contribution in [0.4, 0.5) is 4.39 Å². The molecule has 1 heterocycles. The summed E-state index contributed by atoms with van der Waals surface area (Å²) in [6.07, 6.45) is 0. The molecule has 3 aromatic rings. The summed E-state index contributed by atoms with van der Waals surface area (Å²) in [4.78, 5) is 7.71. The summed E-state index contributed by atoms with van der Waals surface area (Å²) in [7, 11) is 3.16. The van der Waals surface area contributed by atoms with Gasteiger partial charge in [0.15, 0.2) is 11.5 Å². The predicted molar refractivity (Wildman–Crippen MR) is 82.3 cm³/mol. The maximum Gasteiger partial charge on any atom is 0.163 e. The minimum atomic E-state index is -0.301. The fourth-order valence-electron chi connectivity index (χ4n) is 2.15. The molecular formula is C15H12BrFN2O2. The van der Waals surface area contributed by atoms with Gasteiger partial charge >= 0.3 is 0 Å². The Hall–Kier alpha value is -2.08. The maximum atomic E-state index is 13.2. The van der Waals surface area contributed by atoms with Crippen molar-refractivity contribution in [2.24, 2.45) is 0 Å². The molecule has 0 spiro atoms. The summed E-state index contributed by atoms with van der Waals surface area (Å²) in [5.74, 6) is 1.58. The molecule has 108 valence electrons. The quantitative estimate of drug-likeness (QED) is 0.771. The number of hydrogen-bond donors (Lipinski definition) is 1. The lowest BCUT2D eigenvalue weighted by atomic mass is 10.2. The van der Waals surface area contributed by atoms with Crippen LogP contribution in [0.1, 0.15) is 0 Å². The van der Waals surface area contributed by atoms with Crippen molar-refractivity contribution in [2.45, 2.75) is 0 Å². The van der Waals surface area contributed by atoms with E-state index >= 15 is 0 Å². The van der Waals surface area contributed by atoms with Gasteiger partial charge in [-0.05, 0) is 34.1 Å². The number of hydrogen-bond acceptors (Lipinski definition) is 3. The van der Waals surface area contributed by atoms with Crippen LogP contribution in [0.3, 0.4) is 0 Å². The van der Waals surface area contributed by atoms with Crippen molar-refractivity contribution in [3.63, 3.8) is 0 Å². The highest BCUT2D eigenvalue weighted by atomic mass is 79.9. The van der Waals surface area contributed by atoms with Crippen molar-refractivity contribution in [3.05, 3.63) is 40.6 Å². The van der Waals surface area contributed by atoms with Crippen LogP contribution >= 0.6 is 15.9 Å². The maximum absolute atomic E-state index is 13.2. The number of rotatable bonds is 3. The lowest BCUT2D eigenvalue weighted by Crippen LogP contribution is -1.89. The Bertz CT molecular complexity index is 776. The number of ether oxygens (including phenoxy) is 2. The number of nitrogens with one attached hydrogen (secondary N) is 1. The molecular weight excluding hydrogens is 339 g/mol. The van der Waals surface area contributed by atoms with Gasteiger partial charge in [0.05, 0.1) is 25.3 Å². The number of halogens is 2. The van der Waals surface area contributed by atoms with Crippen LogP contribution < -0.4 is 9.47 Å². The zero-order valence-electron chi connectivity index (χ0n) is 11.4. The van der Waals surface area contributed by atoms with Gasteiger partial charge in [0, 0.05) is 22.2 Å². The number of methoxy groups -OCH3 is 2. The van der Waals surface area contributed by atoms with E-state index in [1.54, 1.807) is 26.4 Å². The summed E-state index contributed by atoms with van der Waals surface area (Å²) >= 11 is 3.35. The fraction of sp³-hybridized carbons (Fsp3) is 0.133. The number of nitrogens with zero attached hydrogens (tertiary/aromatic N) is 1. The summed E-state index contributed by atoms with van der Waals surface area (Å²) in [6.45, 7) is 0. The van der Waals surface area contributed by atoms with Crippen LogP contribution in [0.15, 0.2) is 34.8 Å². The molecule has 1 aromatic heterocycles. The van der Waals surface area contributed by atoms with Gasteiger partial charge in [0.2, 0.25) is 0 Å². The van der Waals surface area contributed by atoms with E-state index in [9.17, 15) is 4.39 Å². The SMILES string of the molecule is COc1cc2nc(-c3ccc(F)cc3Br)[nH]c2cc1OC. The average Bonchev–Trinajstić information content (AvgIpc) is 2.87. The molecule has 0 aliphatic rings. The molecule has 0 aliphatic heterocycles. The molecule has 3 rings (SSSR count). The minimum absolute atomic E-state index is 0.301. The van der Waals surface area contributed by atoms with E-state index in [1.165, 1.54) is 12.1 Å². The zero-order valence-corrected chi connectivity index (χ0v) is 13.0. The number of benzene rings is 2. The second-order valence-electron chi connectivity index (χ2n) is 4.43. The second-order valence-corrected chi connectivity index (χ2v) is 5.29. The summed E-state index contributed by atoms with van der Waals surface area (Å²) in [6, 6.07) is 8.09. The first-order chi connectivity index (χ1) is 10.1. The second kappa shape index (κ2) is 5.37. The molecule has 0 fully saturated rings. The van der Waals surface area contributed by atoms with E-state index in [1.807, 2.05) is 6.07 Å². The van der Waals surface area contributed by atoms with E-state index in [0.717, 1.165) is 16.6 Å². The lowest BCUT2D eigenvalue weighted by molar-refractivity contribution is 0.356. The van der Waals surface area contributed by atoms with Gasteiger partial charge < -0.3 is 14.5 Å². The molecule has 1 N–H and O–H groups in total. The minimum Gasteiger partial charge on any atom is -0.493 e. The molecule has 4 nitrogen and oxygen atoms in total. The van der Waals surface area contributed by atoms with Crippen molar-refractivity contribution in [3.8, 4) is 22.9 Å². The number of H-pyrrole nitrogens is 1. The Morgan fingerprint density at radius 3 is 2.48 bits per heavy atom. The molecule has 6 heteroatoms. The largest absolute Gasteiger partial charge is 0.493 e. The van der Waals surface area contributed by atoms with E-state index in [0.29, 0.717) is 21.8 Å². The molecule has 0 aliphatic carbocycles. The van der Waals surface area contributed by atoms with Gasteiger partial charge in [-0.15, -0.1) is 0 Å². The lowest BCUT2D eigenvalue weighted by Gasteiger charge is -2.06.